The van der Waals surface area contributed by atoms with Gasteiger partial charge in [-0.15, -0.1) is 0 Å². The molecule has 0 N–H and O–H groups in total. The lowest BCUT2D eigenvalue weighted by Crippen LogP contribution is -2.28. The number of hydrogen-bond donors (Lipinski definition) is 0. The first-order valence-electron chi connectivity index (χ1n) is 10.6. The quantitative estimate of drug-likeness (QED) is 0.573. The van der Waals surface area contributed by atoms with Crippen LogP contribution < -0.4 is 19.2 Å². The first-order valence-corrected chi connectivity index (χ1v) is 10.6. The number of nitrogens with zero attached hydrogens (tertiary/aromatic N) is 2. The lowest BCUT2D eigenvalue weighted by atomic mass is 9.77. The molecule has 0 aromatic heterocycles. The molecule has 158 valence electrons. The summed E-state index contributed by atoms with van der Waals surface area (Å²) in [5.41, 5.74) is 5.96. The van der Waals surface area contributed by atoms with Gasteiger partial charge in [0.2, 0.25) is 5.75 Å². The van der Waals surface area contributed by atoms with E-state index in [0.717, 1.165) is 29.8 Å². The molecule has 0 saturated heterocycles. The predicted molar refractivity (Wildman–Crippen MR) is 123 cm³/mol. The summed E-state index contributed by atoms with van der Waals surface area (Å²) in [6.07, 6.45) is 2.09. The highest BCUT2D eigenvalue weighted by Crippen LogP contribution is 2.48. The first kappa shape index (κ1) is 19.5. The van der Waals surface area contributed by atoms with Gasteiger partial charge in [-0.3, -0.25) is 5.01 Å². The average Bonchev–Trinajstić information content (AvgIpc) is 3.23. The Bertz CT molecular complexity index is 1100. The molecule has 2 unspecified atom stereocenters. The van der Waals surface area contributed by atoms with Crippen LogP contribution in [0.25, 0.3) is 0 Å². The lowest BCUT2D eigenvalue weighted by Gasteiger charge is -2.31. The van der Waals surface area contributed by atoms with Crippen molar-refractivity contribution in [2.24, 2.45) is 11.0 Å². The van der Waals surface area contributed by atoms with E-state index in [-0.39, 0.29) is 12.0 Å². The standard InChI is InChI=1S/C26H26N2O3/c1-29-22-15-18(16-23(30-2)26(22)31-3)25-21-14-13-17-9-7-8-12-20(17)24(21)27-28(25)19-10-5-4-6-11-19/h4-12,15-16,21,25H,13-14H2,1-3H3. The SMILES string of the molecule is COc1cc(C2C3CCc4ccccc4C3=NN2c2ccccc2)cc(OC)c1OC. The Morgan fingerprint density at radius 1 is 0.839 bits per heavy atom. The molecule has 5 rings (SSSR count). The fourth-order valence-electron chi connectivity index (χ4n) is 4.86. The van der Waals surface area contributed by atoms with Crippen LogP contribution in [-0.2, 0) is 6.42 Å². The molecule has 0 saturated carbocycles. The highest BCUT2D eigenvalue weighted by Gasteiger charge is 2.42. The van der Waals surface area contributed by atoms with Crippen molar-refractivity contribution in [3.8, 4) is 17.2 Å². The predicted octanol–water partition coefficient (Wildman–Crippen LogP) is 5.24. The largest absolute Gasteiger partial charge is 0.493 e. The van der Waals surface area contributed by atoms with Crippen molar-refractivity contribution >= 4 is 11.4 Å². The van der Waals surface area contributed by atoms with E-state index in [9.17, 15) is 0 Å². The van der Waals surface area contributed by atoms with Crippen LogP contribution in [0.5, 0.6) is 17.2 Å². The molecule has 0 fully saturated rings. The van der Waals surface area contributed by atoms with Crippen LogP contribution in [0, 0.1) is 5.92 Å². The van der Waals surface area contributed by atoms with E-state index >= 15 is 0 Å². The zero-order chi connectivity index (χ0) is 21.4. The molecule has 3 aromatic rings. The van der Waals surface area contributed by atoms with Gasteiger partial charge in [0.1, 0.15) is 0 Å². The molecule has 0 bridgehead atoms. The minimum absolute atomic E-state index is 0.0412. The Labute approximate surface area is 182 Å². The van der Waals surface area contributed by atoms with Gasteiger partial charge in [-0.2, -0.15) is 5.10 Å². The van der Waals surface area contributed by atoms with Gasteiger partial charge >= 0.3 is 0 Å². The highest BCUT2D eigenvalue weighted by atomic mass is 16.5. The summed E-state index contributed by atoms with van der Waals surface area (Å²) in [5, 5.41) is 7.33. The zero-order valence-electron chi connectivity index (χ0n) is 18.0. The Morgan fingerprint density at radius 2 is 1.52 bits per heavy atom. The van der Waals surface area contributed by atoms with E-state index in [4.69, 9.17) is 19.3 Å². The van der Waals surface area contributed by atoms with E-state index in [0.29, 0.717) is 17.2 Å². The maximum atomic E-state index is 5.65. The molecule has 5 heteroatoms. The van der Waals surface area contributed by atoms with E-state index in [1.165, 1.54) is 11.1 Å². The topological polar surface area (TPSA) is 43.3 Å². The molecule has 2 aliphatic rings. The fraction of sp³-hybridized carbons (Fsp3) is 0.269. The number of rotatable bonds is 5. The monoisotopic (exact) mass is 414 g/mol. The van der Waals surface area contributed by atoms with Crippen molar-refractivity contribution < 1.29 is 14.2 Å². The summed E-state index contributed by atoms with van der Waals surface area (Å²) in [5.74, 6) is 2.20. The van der Waals surface area contributed by atoms with Gasteiger partial charge < -0.3 is 14.2 Å². The molecule has 0 amide bonds. The van der Waals surface area contributed by atoms with E-state index in [1.54, 1.807) is 21.3 Å². The third kappa shape index (κ3) is 3.21. The van der Waals surface area contributed by atoms with Crippen molar-refractivity contribution in [3.05, 3.63) is 83.4 Å². The Hall–Kier alpha value is -3.47. The molecule has 1 aliphatic carbocycles. The number of hydrazone groups is 1. The van der Waals surface area contributed by atoms with E-state index in [1.807, 2.05) is 6.07 Å². The highest BCUT2D eigenvalue weighted by molar-refractivity contribution is 6.07. The van der Waals surface area contributed by atoms with Crippen molar-refractivity contribution in [2.45, 2.75) is 18.9 Å². The zero-order valence-corrected chi connectivity index (χ0v) is 18.0. The fourth-order valence-corrected chi connectivity index (χ4v) is 4.86. The summed E-state index contributed by atoms with van der Waals surface area (Å²) in [6, 6.07) is 23.1. The number of ether oxygens (including phenoxy) is 3. The van der Waals surface area contributed by atoms with Crippen molar-refractivity contribution in [1.82, 2.24) is 0 Å². The van der Waals surface area contributed by atoms with Crippen LogP contribution in [0.1, 0.15) is 29.2 Å². The molecule has 5 nitrogen and oxygen atoms in total. The van der Waals surface area contributed by atoms with Gasteiger partial charge in [0.25, 0.3) is 0 Å². The molecule has 0 radical (unpaired) electrons. The number of hydrogen-bond acceptors (Lipinski definition) is 5. The second-order valence-corrected chi connectivity index (χ2v) is 7.87. The molecule has 1 aliphatic heterocycles. The smallest absolute Gasteiger partial charge is 0.203 e. The van der Waals surface area contributed by atoms with E-state index < -0.39 is 0 Å². The number of methoxy groups -OCH3 is 3. The van der Waals surface area contributed by atoms with Gasteiger partial charge in [0.05, 0.1) is 38.8 Å². The Kier molecular flexibility index (Phi) is 5.02. The number of fused-ring (bicyclic) bond motifs is 3. The molecule has 0 spiro atoms. The Morgan fingerprint density at radius 3 is 2.19 bits per heavy atom. The third-order valence-corrected chi connectivity index (χ3v) is 6.28. The van der Waals surface area contributed by atoms with Crippen LogP contribution in [0.2, 0.25) is 0 Å². The maximum absolute atomic E-state index is 5.65. The normalized spacial score (nSPS) is 19.3. The van der Waals surface area contributed by atoms with Gasteiger partial charge in [-0.25, -0.2) is 0 Å². The summed E-state index contributed by atoms with van der Waals surface area (Å²) in [7, 11) is 4.94. The number of aryl methyl sites for hydroxylation is 1. The van der Waals surface area contributed by atoms with Crippen LogP contribution >= 0.6 is 0 Å². The van der Waals surface area contributed by atoms with Crippen molar-refractivity contribution in [1.29, 1.82) is 0 Å². The van der Waals surface area contributed by atoms with Crippen LogP contribution in [0.3, 0.4) is 0 Å². The number of benzene rings is 3. The molecule has 31 heavy (non-hydrogen) atoms. The van der Waals surface area contributed by atoms with Crippen molar-refractivity contribution in [3.63, 3.8) is 0 Å². The summed E-state index contributed by atoms with van der Waals surface area (Å²) < 4.78 is 16.9. The molecular weight excluding hydrogens is 388 g/mol. The second-order valence-electron chi connectivity index (χ2n) is 7.87. The second kappa shape index (κ2) is 7.99. The molecule has 2 atom stereocenters. The van der Waals surface area contributed by atoms with Crippen LogP contribution in [0.15, 0.2) is 71.8 Å². The van der Waals surface area contributed by atoms with E-state index in [2.05, 4.69) is 65.7 Å². The maximum Gasteiger partial charge on any atom is 0.203 e. The molecular formula is C26H26N2O3. The average molecular weight is 415 g/mol. The van der Waals surface area contributed by atoms with Crippen LogP contribution in [-0.4, -0.2) is 27.0 Å². The summed E-state index contributed by atoms with van der Waals surface area (Å²) in [6.45, 7) is 0. The minimum atomic E-state index is 0.0412. The number of anilines is 1. The Balaban J connectivity index is 1.67. The summed E-state index contributed by atoms with van der Waals surface area (Å²) in [4.78, 5) is 0. The number of para-hydroxylation sites is 1. The van der Waals surface area contributed by atoms with Gasteiger partial charge in [0.15, 0.2) is 11.5 Å². The lowest BCUT2D eigenvalue weighted by molar-refractivity contribution is 0.323. The minimum Gasteiger partial charge on any atom is -0.493 e. The van der Waals surface area contributed by atoms with Crippen LogP contribution in [0.4, 0.5) is 5.69 Å². The molecule has 1 heterocycles. The van der Waals surface area contributed by atoms with Crippen molar-refractivity contribution in [2.75, 3.05) is 26.3 Å². The van der Waals surface area contributed by atoms with Gasteiger partial charge in [-0.05, 0) is 48.2 Å². The summed E-state index contributed by atoms with van der Waals surface area (Å²) >= 11 is 0. The van der Waals surface area contributed by atoms with Gasteiger partial charge in [0, 0.05) is 11.5 Å². The first-order chi connectivity index (χ1) is 15.2. The van der Waals surface area contributed by atoms with Gasteiger partial charge in [-0.1, -0.05) is 42.5 Å². The molecule has 3 aromatic carbocycles. The third-order valence-electron chi connectivity index (χ3n) is 6.28.